The van der Waals surface area contributed by atoms with Gasteiger partial charge in [-0.05, 0) is 6.07 Å². The molecule has 8 heteroatoms. The number of hydrogen-bond donors (Lipinski definition) is 2. The van der Waals surface area contributed by atoms with Crippen LogP contribution in [0.4, 0.5) is 15.8 Å². The molecule has 0 saturated heterocycles. The zero-order chi connectivity index (χ0) is 12.1. The monoisotopic (exact) mass is 230 g/mol. The molecular formula is C8H7FN2O5. The van der Waals surface area contributed by atoms with E-state index in [1.807, 2.05) is 5.48 Å². The van der Waals surface area contributed by atoms with E-state index < -0.39 is 29.0 Å². The second-order valence-electron chi connectivity index (χ2n) is 2.70. The predicted octanol–water partition coefficient (Wildman–Crippen LogP) is 1.16. The van der Waals surface area contributed by atoms with Crippen molar-refractivity contribution in [1.29, 1.82) is 0 Å². The number of nitrogens with zero attached hydrogens (tertiary/aromatic N) is 1. The average molecular weight is 230 g/mol. The van der Waals surface area contributed by atoms with Gasteiger partial charge in [0.15, 0.2) is 6.61 Å². The molecule has 0 fully saturated rings. The Labute approximate surface area is 88.6 Å². The third kappa shape index (κ3) is 3.17. The summed E-state index contributed by atoms with van der Waals surface area (Å²) in [7, 11) is 0. The fourth-order valence-corrected chi connectivity index (χ4v) is 0.925. The van der Waals surface area contributed by atoms with E-state index in [9.17, 15) is 19.3 Å². The molecule has 0 atom stereocenters. The number of carboxylic acid groups (broad SMARTS) is 1. The van der Waals surface area contributed by atoms with Crippen molar-refractivity contribution < 1.29 is 24.1 Å². The molecule has 0 heterocycles. The normalized spacial score (nSPS) is 9.81. The third-order valence-electron chi connectivity index (χ3n) is 1.53. The van der Waals surface area contributed by atoms with Crippen molar-refractivity contribution in [2.24, 2.45) is 0 Å². The Morgan fingerprint density at radius 1 is 1.62 bits per heavy atom. The van der Waals surface area contributed by atoms with E-state index in [1.54, 1.807) is 0 Å². The first-order valence-electron chi connectivity index (χ1n) is 4.04. The zero-order valence-corrected chi connectivity index (χ0v) is 7.84. The lowest BCUT2D eigenvalue weighted by Gasteiger charge is -2.05. The summed E-state index contributed by atoms with van der Waals surface area (Å²) in [6.45, 7) is -0.701. The maximum Gasteiger partial charge on any atom is 0.332 e. The van der Waals surface area contributed by atoms with Gasteiger partial charge >= 0.3 is 5.97 Å². The first kappa shape index (κ1) is 11.9. The minimum absolute atomic E-state index is 0.244. The first-order valence-corrected chi connectivity index (χ1v) is 4.04. The van der Waals surface area contributed by atoms with Crippen molar-refractivity contribution in [1.82, 2.24) is 0 Å². The van der Waals surface area contributed by atoms with Crippen molar-refractivity contribution in [2.45, 2.75) is 0 Å². The zero-order valence-electron chi connectivity index (χ0n) is 7.84. The van der Waals surface area contributed by atoms with Gasteiger partial charge in [-0.2, -0.15) is 0 Å². The van der Waals surface area contributed by atoms with Crippen LogP contribution in [0, 0.1) is 15.9 Å². The summed E-state index contributed by atoms with van der Waals surface area (Å²) in [4.78, 5) is 24.3. The third-order valence-corrected chi connectivity index (χ3v) is 1.53. The van der Waals surface area contributed by atoms with E-state index >= 15 is 0 Å². The molecule has 86 valence electrons. The molecule has 1 aromatic rings. The summed E-state index contributed by atoms with van der Waals surface area (Å²) < 4.78 is 12.8. The number of halogens is 1. The van der Waals surface area contributed by atoms with Gasteiger partial charge in [0.05, 0.1) is 4.92 Å². The molecule has 0 aliphatic rings. The molecule has 0 unspecified atom stereocenters. The van der Waals surface area contributed by atoms with Crippen molar-refractivity contribution in [3.05, 3.63) is 34.1 Å². The highest BCUT2D eigenvalue weighted by Gasteiger charge is 2.14. The molecule has 1 aromatic carbocycles. The van der Waals surface area contributed by atoms with Gasteiger partial charge < -0.3 is 5.11 Å². The van der Waals surface area contributed by atoms with Crippen LogP contribution in [0.1, 0.15) is 0 Å². The van der Waals surface area contributed by atoms with E-state index in [0.29, 0.717) is 0 Å². The highest BCUT2D eigenvalue weighted by atomic mass is 19.1. The Morgan fingerprint density at radius 3 is 2.88 bits per heavy atom. The first-order chi connectivity index (χ1) is 7.50. The van der Waals surface area contributed by atoms with E-state index in [2.05, 4.69) is 4.84 Å². The number of rotatable bonds is 5. The van der Waals surface area contributed by atoms with Gasteiger partial charge in [0.1, 0.15) is 11.5 Å². The Balaban J connectivity index is 2.80. The second-order valence-corrected chi connectivity index (χ2v) is 2.70. The van der Waals surface area contributed by atoms with Crippen LogP contribution in [0.2, 0.25) is 0 Å². The van der Waals surface area contributed by atoms with Crippen molar-refractivity contribution >= 4 is 17.3 Å². The summed E-state index contributed by atoms with van der Waals surface area (Å²) in [5.74, 6) is -1.96. The number of carbonyl (C=O) groups is 1. The Hall–Kier alpha value is -2.22. The van der Waals surface area contributed by atoms with E-state index in [4.69, 9.17) is 5.11 Å². The molecule has 1 rings (SSSR count). The lowest BCUT2D eigenvalue weighted by atomic mass is 10.3. The van der Waals surface area contributed by atoms with Crippen LogP contribution < -0.4 is 5.48 Å². The van der Waals surface area contributed by atoms with Gasteiger partial charge in [0, 0.05) is 12.1 Å². The highest BCUT2D eigenvalue weighted by molar-refractivity contribution is 5.68. The molecule has 0 aliphatic carbocycles. The minimum Gasteiger partial charge on any atom is -0.479 e. The summed E-state index contributed by atoms with van der Waals surface area (Å²) >= 11 is 0. The van der Waals surface area contributed by atoms with Gasteiger partial charge in [-0.25, -0.2) is 9.18 Å². The van der Waals surface area contributed by atoms with E-state index in [1.165, 1.54) is 0 Å². The number of nitro benzene ring substituents is 1. The minimum atomic E-state index is -1.26. The topological polar surface area (TPSA) is 102 Å². The molecule has 0 saturated carbocycles. The lowest BCUT2D eigenvalue weighted by Crippen LogP contribution is -2.12. The number of hydrogen-bond acceptors (Lipinski definition) is 5. The summed E-state index contributed by atoms with van der Waals surface area (Å²) in [5, 5.41) is 18.8. The van der Waals surface area contributed by atoms with Gasteiger partial charge in [0.2, 0.25) is 0 Å². The number of nitrogens with one attached hydrogen (secondary N) is 1. The van der Waals surface area contributed by atoms with Crippen LogP contribution in [0.25, 0.3) is 0 Å². The maximum atomic E-state index is 12.8. The van der Waals surface area contributed by atoms with Gasteiger partial charge in [-0.15, -0.1) is 0 Å². The number of nitro groups is 1. The number of aliphatic carboxylic acids is 1. The quantitative estimate of drug-likeness (QED) is 0.581. The lowest BCUT2D eigenvalue weighted by molar-refractivity contribution is -0.384. The second kappa shape index (κ2) is 5.03. The molecule has 0 aromatic heterocycles. The van der Waals surface area contributed by atoms with Crippen LogP contribution in [0.3, 0.4) is 0 Å². The SMILES string of the molecule is O=C(O)CONc1cc(F)ccc1[N+](=O)[O-]. The summed E-state index contributed by atoms with van der Waals surface area (Å²) in [6.07, 6.45) is 0. The number of carboxylic acids is 1. The van der Waals surface area contributed by atoms with Crippen molar-refractivity contribution in [3.8, 4) is 0 Å². The average Bonchev–Trinajstić information content (AvgIpc) is 2.16. The van der Waals surface area contributed by atoms with Crippen LogP contribution >= 0.6 is 0 Å². The highest BCUT2D eigenvalue weighted by Crippen LogP contribution is 2.24. The smallest absolute Gasteiger partial charge is 0.332 e. The Morgan fingerprint density at radius 2 is 2.31 bits per heavy atom. The molecule has 2 N–H and O–H groups in total. The molecule has 0 amide bonds. The Kier molecular flexibility index (Phi) is 3.72. The largest absolute Gasteiger partial charge is 0.479 e. The number of benzene rings is 1. The van der Waals surface area contributed by atoms with Crippen molar-refractivity contribution in [3.63, 3.8) is 0 Å². The van der Waals surface area contributed by atoms with Crippen LogP contribution in [0.15, 0.2) is 18.2 Å². The fraction of sp³-hybridized carbons (Fsp3) is 0.125. The molecule has 0 aliphatic heterocycles. The predicted molar refractivity (Wildman–Crippen MR) is 50.3 cm³/mol. The molecule has 16 heavy (non-hydrogen) atoms. The molecule has 0 radical (unpaired) electrons. The summed E-state index contributed by atoms with van der Waals surface area (Å²) in [6, 6.07) is 2.70. The van der Waals surface area contributed by atoms with Crippen LogP contribution in [-0.2, 0) is 9.63 Å². The molecule has 0 spiro atoms. The van der Waals surface area contributed by atoms with Crippen LogP contribution in [-0.4, -0.2) is 22.6 Å². The molecule has 0 bridgehead atoms. The molecular weight excluding hydrogens is 223 g/mol. The fourth-order valence-electron chi connectivity index (χ4n) is 0.925. The molecule has 7 nitrogen and oxygen atoms in total. The number of anilines is 1. The maximum absolute atomic E-state index is 12.8. The van der Waals surface area contributed by atoms with E-state index in [0.717, 1.165) is 18.2 Å². The van der Waals surface area contributed by atoms with Crippen molar-refractivity contribution in [2.75, 3.05) is 12.1 Å². The van der Waals surface area contributed by atoms with E-state index in [-0.39, 0.29) is 5.69 Å². The van der Waals surface area contributed by atoms with Gasteiger partial charge in [-0.3, -0.25) is 20.4 Å². The van der Waals surface area contributed by atoms with Gasteiger partial charge in [0.25, 0.3) is 5.69 Å². The standard InChI is InChI=1S/C8H7FN2O5/c9-5-1-2-7(11(14)15)6(3-5)10-16-4-8(12)13/h1-3,10H,4H2,(H,12,13). The van der Waals surface area contributed by atoms with Gasteiger partial charge in [-0.1, -0.05) is 0 Å². The summed E-state index contributed by atoms with van der Waals surface area (Å²) in [5.41, 5.74) is 1.35. The Bertz CT molecular complexity index is 423. The van der Waals surface area contributed by atoms with Crippen LogP contribution in [0.5, 0.6) is 0 Å².